The van der Waals surface area contributed by atoms with Gasteiger partial charge < -0.3 is 5.32 Å². The Kier molecular flexibility index (Phi) is 5.57. The lowest BCUT2D eigenvalue weighted by atomic mass is 9.83. The highest BCUT2D eigenvalue weighted by atomic mass is 32.2. The maximum atomic E-state index is 12.4. The molecule has 0 spiro atoms. The molecule has 0 saturated heterocycles. The molecule has 0 bridgehead atoms. The molecule has 1 aromatic carbocycles. The van der Waals surface area contributed by atoms with Gasteiger partial charge in [0.1, 0.15) is 5.54 Å². The maximum absolute atomic E-state index is 12.4. The Morgan fingerprint density at radius 3 is 2.85 bits per heavy atom. The lowest BCUT2D eigenvalue weighted by molar-refractivity contribution is -0.120. The largest absolute Gasteiger partial charge is 0.337 e. The first kappa shape index (κ1) is 18.4. The van der Waals surface area contributed by atoms with E-state index in [9.17, 15) is 10.1 Å². The third-order valence-corrected chi connectivity index (χ3v) is 5.80. The second kappa shape index (κ2) is 7.87. The normalized spacial score (nSPS) is 16.0. The molecule has 1 heterocycles. The Morgan fingerprint density at radius 2 is 2.12 bits per heavy atom. The van der Waals surface area contributed by atoms with Crippen molar-refractivity contribution in [3.8, 4) is 11.8 Å². The molecular weight excluding hydrogens is 348 g/mol. The summed E-state index contributed by atoms with van der Waals surface area (Å²) in [6.45, 7) is 4.06. The van der Waals surface area contributed by atoms with Gasteiger partial charge in [0.15, 0.2) is 0 Å². The van der Waals surface area contributed by atoms with E-state index in [0.717, 1.165) is 48.9 Å². The number of amides is 1. The van der Waals surface area contributed by atoms with Gasteiger partial charge in [-0.2, -0.15) is 9.94 Å². The third kappa shape index (κ3) is 3.88. The van der Waals surface area contributed by atoms with Crippen LogP contribution in [0.25, 0.3) is 5.69 Å². The number of tetrazole rings is 1. The number of rotatable bonds is 5. The number of carbonyl (C=O) groups excluding carboxylic acids is 1. The summed E-state index contributed by atoms with van der Waals surface area (Å²) >= 11 is 1.27. The van der Waals surface area contributed by atoms with Crippen LogP contribution in [0.2, 0.25) is 0 Å². The van der Waals surface area contributed by atoms with Gasteiger partial charge in [0.2, 0.25) is 11.1 Å². The van der Waals surface area contributed by atoms with E-state index in [1.807, 2.05) is 32.0 Å². The summed E-state index contributed by atoms with van der Waals surface area (Å²) in [4.78, 5) is 12.4. The molecule has 8 heteroatoms. The summed E-state index contributed by atoms with van der Waals surface area (Å²) in [5.74, 6) is 0.0169. The molecule has 26 heavy (non-hydrogen) atoms. The van der Waals surface area contributed by atoms with Crippen LogP contribution in [0.5, 0.6) is 0 Å². The number of aryl methyl sites for hydroxylation is 1. The van der Waals surface area contributed by atoms with Crippen LogP contribution in [0.15, 0.2) is 23.4 Å². The van der Waals surface area contributed by atoms with Crippen LogP contribution in [0.1, 0.15) is 43.2 Å². The van der Waals surface area contributed by atoms with E-state index in [2.05, 4.69) is 26.9 Å². The fourth-order valence-electron chi connectivity index (χ4n) is 3.24. The van der Waals surface area contributed by atoms with E-state index in [1.165, 1.54) is 11.8 Å². The van der Waals surface area contributed by atoms with Crippen LogP contribution >= 0.6 is 11.8 Å². The summed E-state index contributed by atoms with van der Waals surface area (Å²) < 4.78 is 1.65. The molecule has 0 unspecified atom stereocenters. The Hall–Kier alpha value is -2.40. The minimum atomic E-state index is -0.713. The first-order valence-electron chi connectivity index (χ1n) is 8.75. The topological polar surface area (TPSA) is 96.5 Å². The number of carbonyl (C=O) groups is 1. The highest BCUT2D eigenvalue weighted by Crippen LogP contribution is 2.28. The molecule has 1 fully saturated rings. The number of aromatic nitrogens is 4. The number of thioether (sulfide) groups is 1. The Labute approximate surface area is 157 Å². The van der Waals surface area contributed by atoms with Gasteiger partial charge in [0, 0.05) is 0 Å². The van der Waals surface area contributed by atoms with Crippen molar-refractivity contribution in [3.63, 3.8) is 0 Å². The van der Waals surface area contributed by atoms with Gasteiger partial charge in [0.25, 0.3) is 0 Å². The van der Waals surface area contributed by atoms with E-state index in [0.29, 0.717) is 5.16 Å². The van der Waals surface area contributed by atoms with Crippen LogP contribution in [0.3, 0.4) is 0 Å². The average Bonchev–Trinajstić information content (AvgIpc) is 3.11. The molecule has 0 atom stereocenters. The molecule has 1 saturated carbocycles. The van der Waals surface area contributed by atoms with Gasteiger partial charge in [-0.1, -0.05) is 43.2 Å². The summed E-state index contributed by atoms with van der Waals surface area (Å²) in [5.41, 5.74) is 2.44. The summed E-state index contributed by atoms with van der Waals surface area (Å²) in [5, 5.41) is 24.8. The van der Waals surface area contributed by atoms with Crippen molar-refractivity contribution in [1.82, 2.24) is 25.5 Å². The Balaban J connectivity index is 1.68. The molecule has 1 aromatic heterocycles. The number of hydrogen-bond acceptors (Lipinski definition) is 6. The zero-order chi connectivity index (χ0) is 18.6. The third-order valence-electron chi connectivity index (χ3n) is 4.88. The van der Waals surface area contributed by atoms with Gasteiger partial charge in [-0.25, -0.2) is 0 Å². The van der Waals surface area contributed by atoms with E-state index in [-0.39, 0.29) is 11.7 Å². The van der Waals surface area contributed by atoms with Crippen molar-refractivity contribution in [2.75, 3.05) is 5.75 Å². The highest BCUT2D eigenvalue weighted by molar-refractivity contribution is 7.99. The molecule has 0 aliphatic heterocycles. The smallest absolute Gasteiger partial charge is 0.231 e. The number of nitriles is 1. The molecule has 1 N–H and O–H groups in total. The molecular formula is C18H22N6OS. The van der Waals surface area contributed by atoms with Crippen molar-refractivity contribution in [2.45, 2.75) is 56.6 Å². The van der Waals surface area contributed by atoms with Crippen LogP contribution in [0.4, 0.5) is 0 Å². The second-order valence-electron chi connectivity index (χ2n) is 6.68. The van der Waals surface area contributed by atoms with Crippen molar-refractivity contribution < 1.29 is 4.79 Å². The van der Waals surface area contributed by atoms with E-state index < -0.39 is 5.54 Å². The molecule has 1 aliphatic carbocycles. The average molecular weight is 370 g/mol. The highest BCUT2D eigenvalue weighted by Gasteiger charge is 2.33. The van der Waals surface area contributed by atoms with E-state index in [1.54, 1.807) is 4.68 Å². The molecule has 7 nitrogen and oxygen atoms in total. The van der Waals surface area contributed by atoms with Crippen molar-refractivity contribution in [1.29, 1.82) is 5.26 Å². The van der Waals surface area contributed by atoms with Gasteiger partial charge in [-0.05, 0) is 54.3 Å². The predicted octanol–water partition coefficient (Wildman–Crippen LogP) is 2.71. The number of nitrogens with one attached hydrogen (secondary N) is 1. The van der Waals surface area contributed by atoms with Crippen LogP contribution in [-0.4, -0.2) is 37.4 Å². The number of nitrogens with zero attached hydrogens (tertiary/aromatic N) is 5. The lowest BCUT2D eigenvalue weighted by Crippen LogP contribution is -2.49. The van der Waals surface area contributed by atoms with Crippen LogP contribution in [0, 0.1) is 25.2 Å². The molecule has 1 aliphatic rings. The zero-order valence-electron chi connectivity index (χ0n) is 15.0. The summed E-state index contributed by atoms with van der Waals surface area (Å²) in [6.07, 6.45) is 4.52. The number of benzene rings is 1. The Morgan fingerprint density at radius 1 is 1.35 bits per heavy atom. The quantitative estimate of drug-likeness (QED) is 0.813. The summed E-state index contributed by atoms with van der Waals surface area (Å²) in [6, 6.07) is 8.25. The molecule has 3 rings (SSSR count). The summed E-state index contributed by atoms with van der Waals surface area (Å²) in [7, 11) is 0. The van der Waals surface area contributed by atoms with Crippen molar-refractivity contribution in [2.24, 2.45) is 0 Å². The molecule has 0 radical (unpaired) electrons. The van der Waals surface area contributed by atoms with Crippen LogP contribution in [-0.2, 0) is 4.79 Å². The van der Waals surface area contributed by atoms with Crippen molar-refractivity contribution >= 4 is 17.7 Å². The van der Waals surface area contributed by atoms with Gasteiger partial charge in [-0.15, -0.1) is 5.10 Å². The SMILES string of the molecule is Cc1cccc(-n2nnnc2SCC(=O)NC2(C#N)CCCCC2)c1C. The molecule has 136 valence electrons. The monoisotopic (exact) mass is 370 g/mol. The molecule has 2 aromatic rings. The minimum absolute atomic E-state index is 0.158. The maximum Gasteiger partial charge on any atom is 0.231 e. The fraction of sp³-hybridized carbons (Fsp3) is 0.500. The lowest BCUT2D eigenvalue weighted by Gasteiger charge is -2.31. The van der Waals surface area contributed by atoms with Crippen LogP contribution < -0.4 is 5.32 Å². The first-order valence-corrected chi connectivity index (χ1v) is 9.73. The minimum Gasteiger partial charge on any atom is -0.337 e. The molecule has 1 amide bonds. The second-order valence-corrected chi connectivity index (χ2v) is 7.63. The van der Waals surface area contributed by atoms with Gasteiger partial charge >= 0.3 is 0 Å². The van der Waals surface area contributed by atoms with Crippen molar-refractivity contribution in [3.05, 3.63) is 29.3 Å². The predicted molar refractivity (Wildman–Crippen MR) is 98.9 cm³/mol. The van der Waals surface area contributed by atoms with Gasteiger partial charge in [-0.3, -0.25) is 4.79 Å². The Bertz CT molecular complexity index is 834. The van der Waals surface area contributed by atoms with Gasteiger partial charge in [0.05, 0.1) is 17.5 Å². The van der Waals surface area contributed by atoms with E-state index >= 15 is 0 Å². The standard InChI is InChI=1S/C18H22N6OS/c1-13-7-6-8-15(14(13)2)24-17(21-22-23-24)26-11-16(25)20-18(12-19)9-4-3-5-10-18/h6-8H,3-5,9-11H2,1-2H3,(H,20,25). The zero-order valence-corrected chi connectivity index (χ0v) is 15.8. The number of hydrogen-bond donors (Lipinski definition) is 1. The first-order chi connectivity index (χ1) is 12.5. The fourth-order valence-corrected chi connectivity index (χ4v) is 3.92. The van der Waals surface area contributed by atoms with E-state index in [4.69, 9.17) is 0 Å².